The Labute approximate surface area is 140 Å². The fourth-order valence-corrected chi connectivity index (χ4v) is 3.82. The number of rotatable bonds is 5. The Morgan fingerprint density at radius 2 is 1.83 bits per heavy atom. The van der Waals surface area contributed by atoms with Crippen LogP contribution in [0.3, 0.4) is 0 Å². The maximum absolute atomic E-state index is 12.6. The van der Waals surface area contributed by atoms with E-state index in [1.165, 1.54) is 25.3 Å². The number of esters is 1. The van der Waals surface area contributed by atoms with Crippen molar-refractivity contribution in [3.8, 4) is 0 Å². The van der Waals surface area contributed by atoms with E-state index >= 15 is 0 Å². The zero-order chi connectivity index (χ0) is 17.0. The van der Waals surface area contributed by atoms with Crippen LogP contribution in [0.2, 0.25) is 5.02 Å². The van der Waals surface area contributed by atoms with Gasteiger partial charge in [-0.05, 0) is 30.7 Å². The summed E-state index contributed by atoms with van der Waals surface area (Å²) in [6.07, 6.45) is 0. The summed E-state index contributed by atoms with van der Waals surface area (Å²) >= 11 is 5.99. The number of hydrogen-bond acceptors (Lipinski definition) is 4. The van der Waals surface area contributed by atoms with Gasteiger partial charge in [0.1, 0.15) is 4.90 Å². The highest BCUT2D eigenvalue weighted by molar-refractivity contribution is 7.89. The lowest BCUT2D eigenvalue weighted by molar-refractivity contribution is 0.0600. The van der Waals surface area contributed by atoms with Crippen LogP contribution in [0.15, 0.2) is 53.4 Å². The molecule has 0 fully saturated rings. The summed E-state index contributed by atoms with van der Waals surface area (Å²) in [7, 11) is -2.67. The number of ether oxygens (including phenoxy) is 1. The van der Waals surface area contributed by atoms with Crippen LogP contribution in [0.5, 0.6) is 0 Å². The molecule has 1 unspecified atom stereocenters. The standard InChI is InChI=1S/C16H16ClNO4S/c1-11(12-6-4-3-5-7-12)18-23(20,21)15-10-13(16(19)22-2)8-9-14(15)17/h3-11,18H,1-2H3. The molecule has 0 spiro atoms. The summed E-state index contributed by atoms with van der Waals surface area (Å²) in [5, 5.41) is 0.0328. The molecule has 5 nitrogen and oxygen atoms in total. The van der Waals surface area contributed by atoms with Crippen molar-refractivity contribution in [2.24, 2.45) is 0 Å². The first kappa shape index (κ1) is 17.5. The van der Waals surface area contributed by atoms with E-state index in [0.29, 0.717) is 0 Å². The van der Waals surface area contributed by atoms with Crippen LogP contribution >= 0.6 is 11.6 Å². The summed E-state index contributed by atoms with van der Waals surface area (Å²) in [5.41, 5.74) is 0.931. The van der Waals surface area contributed by atoms with Crippen molar-refractivity contribution in [1.29, 1.82) is 0 Å². The molecule has 0 aliphatic carbocycles. The molecule has 0 saturated heterocycles. The average molecular weight is 354 g/mol. The normalized spacial score (nSPS) is 12.7. The molecule has 7 heteroatoms. The maximum atomic E-state index is 12.6. The summed E-state index contributed by atoms with van der Waals surface area (Å²) in [6, 6.07) is 12.7. The molecule has 0 saturated carbocycles. The van der Waals surface area contributed by atoms with Gasteiger partial charge in [-0.25, -0.2) is 17.9 Å². The van der Waals surface area contributed by atoms with E-state index in [1.54, 1.807) is 6.92 Å². The van der Waals surface area contributed by atoms with E-state index in [2.05, 4.69) is 9.46 Å². The third-order valence-electron chi connectivity index (χ3n) is 3.27. The van der Waals surface area contributed by atoms with E-state index in [1.807, 2.05) is 30.3 Å². The first-order valence-corrected chi connectivity index (χ1v) is 8.66. The van der Waals surface area contributed by atoms with Crippen LogP contribution < -0.4 is 4.72 Å². The molecule has 2 aromatic rings. The van der Waals surface area contributed by atoms with Gasteiger partial charge in [0.2, 0.25) is 10.0 Å². The molecule has 23 heavy (non-hydrogen) atoms. The van der Waals surface area contributed by atoms with Crippen molar-refractivity contribution in [2.45, 2.75) is 17.9 Å². The highest BCUT2D eigenvalue weighted by atomic mass is 35.5. The molecule has 1 N–H and O–H groups in total. The Kier molecular flexibility index (Phi) is 5.41. The van der Waals surface area contributed by atoms with Gasteiger partial charge in [0, 0.05) is 6.04 Å². The second-order valence-electron chi connectivity index (χ2n) is 4.89. The lowest BCUT2D eigenvalue weighted by atomic mass is 10.1. The molecule has 0 radical (unpaired) electrons. The quantitative estimate of drug-likeness (QED) is 0.838. The van der Waals surface area contributed by atoms with Gasteiger partial charge >= 0.3 is 5.97 Å². The molecule has 0 aliphatic heterocycles. The molecular weight excluding hydrogens is 338 g/mol. The van der Waals surface area contributed by atoms with Crippen LogP contribution in [-0.2, 0) is 14.8 Å². The molecule has 0 amide bonds. The van der Waals surface area contributed by atoms with Gasteiger partial charge in [0.25, 0.3) is 0 Å². The summed E-state index contributed by atoms with van der Waals surface area (Å²) < 4.78 is 32.3. The molecular formula is C16H16ClNO4S. The van der Waals surface area contributed by atoms with E-state index in [0.717, 1.165) is 5.56 Å². The largest absolute Gasteiger partial charge is 0.465 e. The monoisotopic (exact) mass is 353 g/mol. The third-order valence-corrected chi connectivity index (χ3v) is 5.30. The molecule has 0 aromatic heterocycles. The van der Waals surface area contributed by atoms with E-state index < -0.39 is 22.0 Å². The highest BCUT2D eigenvalue weighted by Crippen LogP contribution is 2.25. The number of halogens is 1. The van der Waals surface area contributed by atoms with Crippen molar-refractivity contribution >= 4 is 27.6 Å². The number of nitrogens with one attached hydrogen (secondary N) is 1. The zero-order valence-electron chi connectivity index (χ0n) is 12.6. The maximum Gasteiger partial charge on any atom is 0.337 e. The van der Waals surface area contributed by atoms with Gasteiger partial charge in [0.05, 0.1) is 17.7 Å². The molecule has 122 valence electrons. The minimum Gasteiger partial charge on any atom is -0.465 e. The van der Waals surface area contributed by atoms with Crippen molar-refractivity contribution < 1.29 is 17.9 Å². The molecule has 2 rings (SSSR count). The number of carbonyl (C=O) groups is 1. The molecule has 1 atom stereocenters. The fourth-order valence-electron chi connectivity index (χ4n) is 2.06. The minimum absolute atomic E-state index is 0.0328. The second-order valence-corrected chi connectivity index (χ2v) is 6.98. The smallest absolute Gasteiger partial charge is 0.337 e. The van der Waals surface area contributed by atoms with Gasteiger partial charge in [-0.3, -0.25) is 0 Å². The van der Waals surface area contributed by atoms with Crippen LogP contribution in [0.25, 0.3) is 0 Å². The zero-order valence-corrected chi connectivity index (χ0v) is 14.2. The van der Waals surface area contributed by atoms with Crippen molar-refractivity contribution in [2.75, 3.05) is 7.11 Å². The van der Waals surface area contributed by atoms with Crippen LogP contribution in [-0.4, -0.2) is 21.5 Å². The van der Waals surface area contributed by atoms with Gasteiger partial charge in [0.15, 0.2) is 0 Å². The van der Waals surface area contributed by atoms with Crippen molar-refractivity contribution in [1.82, 2.24) is 4.72 Å². The lowest BCUT2D eigenvalue weighted by Gasteiger charge is -2.15. The molecule has 0 bridgehead atoms. The highest BCUT2D eigenvalue weighted by Gasteiger charge is 2.23. The number of hydrogen-bond donors (Lipinski definition) is 1. The SMILES string of the molecule is COC(=O)c1ccc(Cl)c(S(=O)(=O)NC(C)c2ccccc2)c1. The summed E-state index contributed by atoms with van der Waals surface area (Å²) in [4.78, 5) is 11.4. The summed E-state index contributed by atoms with van der Waals surface area (Å²) in [6.45, 7) is 1.73. The lowest BCUT2D eigenvalue weighted by Crippen LogP contribution is -2.27. The average Bonchev–Trinajstić information content (AvgIpc) is 2.54. The van der Waals surface area contributed by atoms with E-state index in [4.69, 9.17) is 11.6 Å². The Hall–Kier alpha value is -1.89. The van der Waals surface area contributed by atoms with Crippen molar-refractivity contribution in [3.05, 3.63) is 64.7 Å². The van der Waals surface area contributed by atoms with Crippen LogP contribution in [0, 0.1) is 0 Å². The van der Waals surface area contributed by atoms with Crippen molar-refractivity contribution in [3.63, 3.8) is 0 Å². The van der Waals surface area contributed by atoms with Gasteiger partial charge < -0.3 is 4.74 Å². The van der Waals surface area contributed by atoms with Gasteiger partial charge in [-0.2, -0.15) is 0 Å². The second kappa shape index (κ2) is 7.12. The first-order chi connectivity index (χ1) is 10.8. The third kappa shape index (κ3) is 4.10. The number of methoxy groups -OCH3 is 1. The Bertz CT molecular complexity index is 806. The Morgan fingerprint density at radius 3 is 2.43 bits per heavy atom. The van der Waals surface area contributed by atoms with E-state index in [9.17, 15) is 13.2 Å². The number of carbonyl (C=O) groups excluding carboxylic acids is 1. The first-order valence-electron chi connectivity index (χ1n) is 6.80. The molecule has 2 aromatic carbocycles. The molecule has 0 aliphatic rings. The fraction of sp³-hybridized carbons (Fsp3) is 0.188. The van der Waals surface area contributed by atoms with E-state index in [-0.39, 0.29) is 15.5 Å². The predicted octanol–water partition coefficient (Wildman–Crippen LogP) is 3.17. The van der Waals surface area contributed by atoms with Crippen LogP contribution in [0.4, 0.5) is 0 Å². The van der Waals surface area contributed by atoms with Crippen LogP contribution in [0.1, 0.15) is 28.9 Å². The number of benzene rings is 2. The molecule has 0 heterocycles. The Morgan fingerprint density at radius 1 is 1.17 bits per heavy atom. The van der Waals surface area contributed by atoms with Gasteiger partial charge in [-0.1, -0.05) is 41.9 Å². The van der Waals surface area contributed by atoms with Gasteiger partial charge in [-0.15, -0.1) is 0 Å². The minimum atomic E-state index is -3.89. The predicted molar refractivity (Wildman–Crippen MR) is 88.0 cm³/mol. The topological polar surface area (TPSA) is 72.5 Å². The number of sulfonamides is 1. The summed E-state index contributed by atoms with van der Waals surface area (Å²) in [5.74, 6) is -0.630. The Balaban J connectivity index is 2.34.